The number of hydrogen-bond donors (Lipinski definition) is 0. The van der Waals surface area contributed by atoms with Crippen LogP contribution in [0.2, 0.25) is 0 Å². The molecule has 1 aliphatic rings. The molecular formula is C11H19N. The molecule has 0 aromatic carbocycles. The molecule has 12 heavy (non-hydrogen) atoms. The third-order valence-corrected chi connectivity index (χ3v) is 2.55. The average Bonchev–Trinajstić information content (AvgIpc) is 2.09. The third-order valence-electron chi connectivity index (χ3n) is 2.55. The van der Waals surface area contributed by atoms with Crippen LogP contribution in [-0.2, 0) is 0 Å². The molecule has 0 fully saturated rings. The minimum Gasteiger partial charge on any atom is -0.301 e. The van der Waals surface area contributed by atoms with Gasteiger partial charge in [0.25, 0.3) is 0 Å². The summed E-state index contributed by atoms with van der Waals surface area (Å²) in [4.78, 5) is 3.99. The van der Waals surface area contributed by atoms with E-state index in [1.165, 1.54) is 19.3 Å². The molecule has 1 nitrogen and oxygen atoms in total. The number of nitrogens with zero attached hydrogens (tertiary/aromatic N) is 1. The normalized spacial score (nSPS) is 29.8. The van der Waals surface area contributed by atoms with E-state index in [4.69, 9.17) is 0 Å². The lowest BCUT2D eigenvalue weighted by molar-refractivity contribution is 0.460. The van der Waals surface area contributed by atoms with E-state index in [0.717, 1.165) is 18.3 Å². The fraction of sp³-hybridized carbons (Fsp3) is 0.727. The Morgan fingerprint density at radius 2 is 2.25 bits per heavy atom. The van der Waals surface area contributed by atoms with Crippen molar-refractivity contribution in [1.29, 1.82) is 0 Å². The van der Waals surface area contributed by atoms with Gasteiger partial charge < -0.3 is 4.99 Å². The molecule has 0 N–H and O–H groups in total. The molecule has 0 heterocycles. The van der Waals surface area contributed by atoms with E-state index < -0.39 is 0 Å². The van der Waals surface area contributed by atoms with Gasteiger partial charge in [0.2, 0.25) is 0 Å². The van der Waals surface area contributed by atoms with Crippen LogP contribution in [0.3, 0.4) is 0 Å². The van der Waals surface area contributed by atoms with Gasteiger partial charge in [0.15, 0.2) is 0 Å². The summed E-state index contributed by atoms with van der Waals surface area (Å²) in [5, 5.41) is 0. The summed E-state index contributed by atoms with van der Waals surface area (Å²) < 4.78 is 0. The molecule has 0 saturated carbocycles. The predicted molar refractivity (Wildman–Crippen MR) is 54.7 cm³/mol. The smallest absolute Gasteiger partial charge is 0.0273 e. The van der Waals surface area contributed by atoms with E-state index in [0.29, 0.717) is 0 Å². The zero-order valence-electron chi connectivity index (χ0n) is 8.16. The van der Waals surface area contributed by atoms with Crippen LogP contribution >= 0.6 is 0 Å². The molecule has 1 unspecified atom stereocenters. The van der Waals surface area contributed by atoms with E-state index in [-0.39, 0.29) is 0 Å². The van der Waals surface area contributed by atoms with Crippen molar-refractivity contribution >= 4 is 6.21 Å². The maximum atomic E-state index is 3.99. The number of rotatable bonds is 3. The van der Waals surface area contributed by atoms with Crippen molar-refractivity contribution in [3.8, 4) is 0 Å². The lowest BCUT2D eigenvalue weighted by atomic mass is 9.87. The van der Waals surface area contributed by atoms with Crippen LogP contribution in [0.5, 0.6) is 0 Å². The van der Waals surface area contributed by atoms with Crippen molar-refractivity contribution in [2.75, 3.05) is 7.05 Å². The minimum absolute atomic E-state index is 0.807. The molecule has 0 spiro atoms. The zero-order valence-corrected chi connectivity index (χ0v) is 8.16. The van der Waals surface area contributed by atoms with Crippen LogP contribution in [-0.4, -0.2) is 13.3 Å². The van der Waals surface area contributed by atoms with Crippen LogP contribution in [0.1, 0.15) is 32.6 Å². The van der Waals surface area contributed by atoms with E-state index in [2.05, 4.69) is 24.1 Å². The highest BCUT2D eigenvalue weighted by Gasteiger charge is 2.11. The van der Waals surface area contributed by atoms with Crippen molar-refractivity contribution in [3.05, 3.63) is 12.2 Å². The van der Waals surface area contributed by atoms with Gasteiger partial charge in [-0.25, -0.2) is 0 Å². The molecule has 0 amide bonds. The first-order chi connectivity index (χ1) is 5.83. The van der Waals surface area contributed by atoms with Gasteiger partial charge in [-0.15, -0.1) is 0 Å². The molecule has 1 heteroatoms. The fourth-order valence-electron chi connectivity index (χ4n) is 1.67. The Balaban J connectivity index is 2.21. The number of allylic oxidation sites excluding steroid dienone is 2. The largest absolute Gasteiger partial charge is 0.301 e. The molecule has 1 rings (SSSR count). The van der Waals surface area contributed by atoms with Gasteiger partial charge >= 0.3 is 0 Å². The number of aliphatic imine (C=N–C) groups is 1. The van der Waals surface area contributed by atoms with Crippen molar-refractivity contribution in [1.82, 2.24) is 0 Å². The van der Waals surface area contributed by atoms with Crippen molar-refractivity contribution < 1.29 is 0 Å². The summed E-state index contributed by atoms with van der Waals surface area (Å²) in [7, 11) is 1.85. The lowest BCUT2D eigenvalue weighted by Crippen LogP contribution is -2.06. The van der Waals surface area contributed by atoms with Gasteiger partial charge in [-0.3, -0.25) is 0 Å². The van der Waals surface area contributed by atoms with Gasteiger partial charge in [-0.2, -0.15) is 0 Å². The van der Waals surface area contributed by atoms with Crippen LogP contribution in [0, 0.1) is 11.8 Å². The Hall–Kier alpha value is -0.590. The molecule has 0 radical (unpaired) electrons. The molecule has 0 aromatic rings. The van der Waals surface area contributed by atoms with Gasteiger partial charge in [0.05, 0.1) is 0 Å². The second-order valence-corrected chi connectivity index (χ2v) is 3.72. The molecular weight excluding hydrogens is 146 g/mol. The minimum atomic E-state index is 0.807. The highest BCUT2D eigenvalue weighted by molar-refractivity contribution is 5.56. The van der Waals surface area contributed by atoms with E-state index in [1.807, 2.05) is 13.3 Å². The summed E-state index contributed by atoms with van der Waals surface area (Å²) >= 11 is 0. The Morgan fingerprint density at radius 1 is 1.42 bits per heavy atom. The van der Waals surface area contributed by atoms with Crippen LogP contribution < -0.4 is 0 Å². The van der Waals surface area contributed by atoms with Crippen LogP contribution in [0.15, 0.2) is 17.1 Å². The van der Waals surface area contributed by atoms with Gasteiger partial charge in [0, 0.05) is 7.05 Å². The summed E-state index contributed by atoms with van der Waals surface area (Å²) in [5.41, 5.74) is 0. The van der Waals surface area contributed by atoms with E-state index in [9.17, 15) is 0 Å². The van der Waals surface area contributed by atoms with E-state index in [1.54, 1.807) is 0 Å². The molecule has 0 aliphatic heterocycles. The topological polar surface area (TPSA) is 12.4 Å². The quantitative estimate of drug-likeness (QED) is 0.450. The number of hydrogen-bond acceptors (Lipinski definition) is 1. The first kappa shape index (κ1) is 9.50. The molecule has 2 atom stereocenters. The molecule has 0 bridgehead atoms. The summed E-state index contributed by atoms with van der Waals surface area (Å²) in [6.07, 6.45) is 11.9. The standard InChI is InChI=1S/C11H19N/c1-10-5-7-11(8-6-10)4-3-9-12-2/h5,7,9-11H,3-4,6,8H2,1-2H3/b12-9+/t10-,11?/m0/s1. The first-order valence-electron chi connectivity index (χ1n) is 4.92. The molecule has 0 aromatic heterocycles. The maximum Gasteiger partial charge on any atom is 0.0273 e. The third kappa shape index (κ3) is 3.21. The average molecular weight is 165 g/mol. The zero-order chi connectivity index (χ0) is 8.81. The predicted octanol–water partition coefficient (Wildman–Crippen LogP) is 3.07. The highest BCUT2D eigenvalue weighted by Crippen LogP contribution is 2.24. The van der Waals surface area contributed by atoms with Crippen LogP contribution in [0.4, 0.5) is 0 Å². The summed E-state index contributed by atoms with van der Waals surface area (Å²) in [6.45, 7) is 2.29. The Morgan fingerprint density at radius 3 is 2.83 bits per heavy atom. The lowest BCUT2D eigenvalue weighted by Gasteiger charge is -2.19. The molecule has 0 saturated heterocycles. The second-order valence-electron chi connectivity index (χ2n) is 3.72. The Bertz CT molecular complexity index is 170. The van der Waals surface area contributed by atoms with Gasteiger partial charge in [-0.1, -0.05) is 19.1 Å². The van der Waals surface area contributed by atoms with Gasteiger partial charge in [-0.05, 0) is 43.7 Å². The first-order valence-corrected chi connectivity index (χ1v) is 4.92. The molecule has 1 aliphatic carbocycles. The van der Waals surface area contributed by atoms with Crippen molar-refractivity contribution in [3.63, 3.8) is 0 Å². The highest BCUT2D eigenvalue weighted by atomic mass is 14.6. The monoisotopic (exact) mass is 165 g/mol. The van der Waals surface area contributed by atoms with Crippen molar-refractivity contribution in [2.45, 2.75) is 32.6 Å². The SMILES string of the molecule is C/N=C/CCC1C=C[C@H](C)CC1. The summed E-state index contributed by atoms with van der Waals surface area (Å²) in [6, 6.07) is 0. The fourth-order valence-corrected chi connectivity index (χ4v) is 1.67. The summed E-state index contributed by atoms with van der Waals surface area (Å²) in [5.74, 6) is 1.63. The Labute approximate surface area is 75.6 Å². The maximum absolute atomic E-state index is 3.99. The van der Waals surface area contributed by atoms with E-state index >= 15 is 0 Å². The van der Waals surface area contributed by atoms with Crippen molar-refractivity contribution in [2.24, 2.45) is 16.8 Å². The second kappa shape index (κ2) is 5.13. The molecule has 68 valence electrons. The van der Waals surface area contributed by atoms with Crippen LogP contribution in [0.25, 0.3) is 0 Å². The Kier molecular flexibility index (Phi) is 4.06. The van der Waals surface area contributed by atoms with Gasteiger partial charge in [0.1, 0.15) is 0 Å².